The Balaban J connectivity index is 2.72. The minimum atomic E-state index is -0.460. The lowest BCUT2D eigenvalue weighted by atomic mass is 10.2. The van der Waals surface area contributed by atoms with Crippen molar-refractivity contribution in [3.63, 3.8) is 0 Å². The highest BCUT2D eigenvalue weighted by Crippen LogP contribution is 2.27. The molecule has 4 nitrogen and oxygen atoms in total. The number of carbonyl (C=O) groups excluding carboxylic acids is 1. The summed E-state index contributed by atoms with van der Waals surface area (Å²) in [4.78, 5) is 15.8. The van der Waals surface area contributed by atoms with Gasteiger partial charge in [0.15, 0.2) is 0 Å². The maximum atomic E-state index is 11.3. The predicted molar refractivity (Wildman–Crippen MR) is 67.9 cm³/mol. The maximum Gasteiger partial charge on any atom is 0.240 e. The van der Waals surface area contributed by atoms with E-state index in [2.05, 4.69) is 4.98 Å². The average Bonchev–Trinajstić information content (AvgIpc) is 2.67. The molecule has 0 saturated heterocycles. The lowest BCUT2D eigenvalue weighted by Gasteiger charge is -2.15. The predicted octanol–water partition coefficient (Wildman–Crippen LogP) is 2.38. The molecule has 0 aliphatic rings. The number of hydrogen-bond donors (Lipinski definition) is 1. The first-order valence-corrected chi connectivity index (χ1v) is 5.86. The van der Waals surface area contributed by atoms with Gasteiger partial charge in [-0.05, 0) is 26.0 Å². The van der Waals surface area contributed by atoms with E-state index in [1.54, 1.807) is 11.5 Å². The smallest absolute Gasteiger partial charge is 0.240 e. The molecular weight excluding hydrogens is 238 g/mol. The molecule has 2 atom stereocenters. The number of hydrogen-bond acceptors (Lipinski definition) is 2. The van der Waals surface area contributed by atoms with E-state index in [4.69, 9.17) is 17.3 Å². The van der Waals surface area contributed by atoms with E-state index < -0.39 is 11.9 Å². The van der Waals surface area contributed by atoms with Gasteiger partial charge in [-0.1, -0.05) is 12.1 Å². The van der Waals surface area contributed by atoms with Gasteiger partial charge in [-0.3, -0.25) is 4.79 Å². The number of fused-ring (bicyclic) bond motifs is 1. The fourth-order valence-corrected chi connectivity index (χ4v) is 2.03. The number of imidazole rings is 1. The van der Waals surface area contributed by atoms with E-state index in [9.17, 15) is 4.79 Å². The Morgan fingerprint density at radius 2 is 2.06 bits per heavy atom. The summed E-state index contributed by atoms with van der Waals surface area (Å²) in [5, 5.41) is -0.274. The second kappa shape index (κ2) is 4.37. The number of rotatable bonds is 3. The largest absolute Gasteiger partial charge is 0.368 e. The molecule has 0 radical (unpaired) electrons. The van der Waals surface area contributed by atoms with Crippen LogP contribution in [0.25, 0.3) is 11.0 Å². The molecule has 0 aliphatic carbocycles. The number of halogens is 1. The third kappa shape index (κ3) is 2.00. The SMILES string of the molecule is CC(Cl)c1nc2ccccc2n1C(C)C(N)=O. The first kappa shape index (κ1) is 11.9. The van der Waals surface area contributed by atoms with Crippen LogP contribution in [-0.2, 0) is 4.79 Å². The summed E-state index contributed by atoms with van der Waals surface area (Å²) in [7, 11) is 0. The highest BCUT2D eigenvalue weighted by Gasteiger charge is 2.21. The monoisotopic (exact) mass is 251 g/mol. The van der Waals surface area contributed by atoms with Crippen LogP contribution in [0.5, 0.6) is 0 Å². The molecule has 2 unspecified atom stereocenters. The summed E-state index contributed by atoms with van der Waals surface area (Å²) in [5.41, 5.74) is 7.06. The normalized spacial score (nSPS) is 14.8. The molecule has 0 spiro atoms. The van der Waals surface area contributed by atoms with Crippen molar-refractivity contribution in [1.29, 1.82) is 0 Å². The van der Waals surface area contributed by atoms with Crippen LogP contribution in [0.3, 0.4) is 0 Å². The summed E-state index contributed by atoms with van der Waals surface area (Å²) in [6.45, 7) is 3.58. The van der Waals surface area contributed by atoms with Gasteiger partial charge in [0.2, 0.25) is 5.91 Å². The van der Waals surface area contributed by atoms with Crippen molar-refractivity contribution in [2.75, 3.05) is 0 Å². The summed E-state index contributed by atoms with van der Waals surface area (Å²) >= 11 is 6.09. The van der Waals surface area contributed by atoms with E-state index in [0.717, 1.165) is 11.0 Å². The van der Waals surface area contributed by atoms with Gasteiger partial charge in [0, 0.05) is 0 Å². The molecule has 2 aromatic rings. The van der Waals surface area contributed by atoms with Crippen molar-refractivity contribution in [1.82, 2.24) is 9.55 Å². The zero-order valence-corrected chi connectivity index (χ0v) is 10.5. The maximum absolute atomic E-state index is 11.3. The molecule has 2 rings (SSSR count). The van der Waals surface area contributed by atoms with Crippen LogP contribution in [0.4, 0.5) is 0 Å². The standard InChI is InChI=1S/C12H14ClN3O/c1-7(13)12-15-9-5-3-4-6-10(9)16(12)8(2)11(14)17/h3-8H,1-2H3,(H2,14,17). The molecule has 17 heavy (non-hydrogen) atoms. The summed E-state index contributed by atoms with van der Waals surface area (Å²) in [6, 6.07) is 7.14. The van der Waals surface area contributed by atoms with Crippen LogP contribution in [-0.4, -0.2) is 15.5 Å². The third-order valence-corrected chi connectivity index (χ3v) is 2.97. The van der Waals surface area contributed by atoms with Gasteiger partial charge in [-0.15, -0.1) is 11.6 Å². The number of nitrogens with two attached hydrogens (primary N) is 1. The molecule has 0 fully saturated rings. The molecule has 5 heteroatoms. The number of primary amides is 1. The van der Waals surface area contributed by atoms with Crippen LogP contribution < -0.4 is 5.73 Å². The van der Waals surface area contributed by atoms with Crippen molar-refractivity contribution < 1.29 is 4.79 Å². The second-order valence-corrected chi connectivity index (χ2v) is 4.68. The Morgan fingerprint density at radius 1 is 1.41 bits per heavy atom. The molecule has 1 amide bonds. The average molecular weight is 252 g/mol. The number of benzene rings is 1. The first-order chi connectivity index (χ1) is 8.02. The Bertz CT molecular complexity index is 562. The zero-order chi connectivity index (χ0) is 12.6. The van der Waals surface area contributed by atoms with E-state index in [-0.39, 0.29) is 5.38 Å². The van der Waals surface area contributed by atoms with Crippen LogP contribution in [0, 0.1) is 0 Å². The number of carbonyl (C=O) groups is 1. The van der Waals surface area contributed by atoms with Gasteiger partial charge < -0.3 is 10.3 Å². The molecule has 2 N–H and O–H groups in total. The van der Waals surface area contributed by atoms with Gasteiger partial charge in [0.25, 0.3) is 0 Å². The Kier molecular flexibility index (Phi) is 3.07. The molecule has 1 heterocycles. The number of alkyl halides is 1. The number of amides is 1. The Morgan fingerprint density at radius 3 is 2.65 bits per heavy atom. The van der Waals surface area contributed by atoms with Gasteiger partial charge in [-0.2, -0.15) is 0 Å². The van der Waals surface area contributed by atoms with E-state index >= 15 is 0 Å². The summed E-state index contributed by atoms with van der Waals surface area (Å²) < 4.78 is 1.80. The van der Waals surface area contributed by atoms with Gasteiger partial charge >= 0.3 is 0 Å². The number of nitrogens with zero attached hydrogens (tertiary/aromatic N) is 2. The summed E-state index contributed by atoms with van der Waals surface area (Å²) in [6.07, 6.45) is 0. The minimum absolute atomic E-state index is 0.274. The molecule has 1 aromatic heterocycles. The van der Waals surface area contributed by atoms with Crippen molar-refractivity contribution in [2.45, 2.75) is 25.3 Å². The highest BCUT2D eigenvalue weighted by atomic mass is 35.5. The topological polar surface area (TPSA) is 60.9 Å². The second-order valence-electron chi connectivity index (χ2n) is 4.02. The van der Waals surface area contributed by atoms with E-state index in [1.165, 1.54) is 0 Å². The fourth-order valence-electron chi connectivity index (χ4n) is 1.88. The van der Waals surface area contributed by atoms with Gasteiger partial charge in [0.1, 0.15) is 11.9 Å². The van der Waals surface area contributed by atoms with E-state index in [1.807, 2.05) is 31.2 Å². The first-order valence-electron chi connectivity index (χ1n) is 5.42. The van der Waals surface area contributed by atoms with Crippen molar-refractivity contribution >= 4 is 28.5 Å². The van der Waals surface area contributed by atoms with E-state index in [0.29, 0.717) is 5.82 Å². The Hall–Kier alpha value is -1.55. The van der Waals surface area contributed by atoms with Crippen LogP contribution >= 0.6 is 11.6 Å². The molecule has 1 aromatic carbocycles. The zero-order valence-electron chi connectivity index (χ0n) is 9.72. The number of para-hydroxylation sites is 2. The van der Waals surface area contributed by atoms with Crippen molar-refractivity contribution in [3.8, 4) is 0 Å². The Labute approximate surface area is 104 Å². The molecule has 0 bridgehead atoms. The third-order valence-electron chi connectivity index (χ3n) is 2.78. The van der Waals surface area contributed by atoms with Crippen LogP contribution in [0.2, 0.25) is 0 Å². The van der Waals surface area contributed by atoms with Crippen LogP contribution in [0.15, 0.2) is 24.3 Å². The quantitative estimate of drug-likeness (QED) is 0.852. The van der Waals surface area contributed by atoms with Crippen molar-refractivity contribution in [2.24, 2.45) is 5.73 Å². The van der Waals surface area contributed by atoms with Gasteiger partial charge in [-0.25, -0.2) is 4.98 Å². The number of aromatic nitrogens is 2. The lowest BCUT2D eigenvalue weighted by molar-refractivity contribution is -0.120. The summed E-state index contributed by atoms with van der Waals surface area (Å²) in [5.74, 6) is 0.269. The van der Waals surface area contributed by atoms with Gasteiger partial charge in [0.05, 0.1) is 16.4 Å². The fraction of sp³-hybridized carbons (Fsp3) is 0.333. The minimum Gasteiger partial charge on any atom is -0.368 e. The molecule has 90 valence electrons. The van der Waals surface area contributed by atoms with Crippen molar-refractivity contribution in [3.05, 3.63) is 30.1 Å². The highest BCUT2D eigenvalue weighted by molar-refractivity contribution is 6.20. The molecule has 0 aliphatic heterocycles. The molecule has 0 saturated carbocycles. The molecular formula is C12H14ClN3O. The van der Waals surface area contributed by atoms with Crippen LogP contribution in [0.1, 0.15) is 31.1 Å². The lowest BCUT2D eigenvalue weighted by Crippen LogP contribution is -2.25.